The van der Waals surface area contributed by atoms with E-state index in [1.54, 1.807) is 18.3 Å². The highest BCUT2D eigenvalue weighted by Gasteiger charge is 2.13. The van der Waals surface area contributed by atoms with E-state index in [1.807, 2.05) is 44.2 Å². The van der Waals surface area contributed by atoms with Gasteiger partial charge in [-0.1, -0.05) is 11.6 Å². The summed E-state index contributed by atoms with van der Waals surface area (Å²) < 4.78 is 5.60. The van der Waals surface area contributed by atoms with Crippen LogP contribution in [0.1, 0.15) is 42.6 Å². The molecule has 6 heteroatoms. The molecule has 1 aliphatic heterocycles. The molecule has 0 spiro atoms. The molecule has 0 bridgehead atoms. The number of ether oxygens (including phenoxy) is 1. The Morgan fingerprint density at radius 2 is 1.89 bits per heavy atom. The summed E-state index contributed by atoms with van der Waals surface area (Å²) in [5.41, 5.74) is 5.06. The van der Waals surface area contributed by atoms with Gasteiger partial charge >= 0.3 is 0 Å². The minimum absolute atomic E-state index is 0.0539. The summed E-state index contributed by atoms with van der Waals surface area (Å²) in [6.45, 7) is 6.05. The summed E-state index contributed by atoms with van der Waals surface area (Å²) in [7, 11) is 0. The van der Waals surface area contributed by atoms with Crippen molar-refractivity contribution >= 4 is 29.4 Å². The van der Waals surface area contributed by atoms with Crippen molar-refractivity contribution in [1.82, 2.24) is 5.43 Å². The Labute approximate surface area is 165 Å². The third kappa shape index (κ3) is 5.23. The first-order valence-electron chi connectivity index (χ1n) is 9.17. The van der Waals surface area contributed by atoms with Crippen molar-refractivity contribution in [2.75, 3.05) is 18.0 Å². The molecular formula is C21H24ClN3O2. The first kappa shape index (κ1) is 19.2. The Balaban J connectivity index is 1.57. The van der Waals surface area contributed by atoms with E-state index in [4.69, 9.17) is 16.3 Å². The molecule has 1 saturated heterocycles. The number of carbonyl (C=O) groups is 1. The van der Waals surface area contributed by atoms with E-state index in [0.717, 1.165) is 24.3 Å². The van der Waals surface area contributed by atoms with E-state index in [0.29, 0.717) is 16.3 Å². The van der Waals surface area contributed by atoms with E-state index in [1.165, 1.54) is 12.8 Å². The second-order valence-electron chi connectivity index (χ2n) is 6.80. The van der Waals surface area contributed by atoms with E-state index in [2.05, 4.69) is 15.4 Å². The Hall–Kier alpha value is -2.53. The van der Waals surface area contributed by atoms with Crippen LogP contribution in [0.4, 0.5) is 5.69 Å². The van der Waals surface area contributed by atoms with Crippen molar-refractivity contribution in [2.45, 2.75) is 32.8 Å². The van der Waals surface area contributed by atoms with Gasteiger partial charge in [-0.25, -0.2) is 5.43 Å². The van der Waals surface area contributed by atoms with Crippen molar-refractivity contribution in [3.63, 3.8) is 0 Å². The molecule has 1 aliphatic rings. The number of hydrogen-bond acceptors (Lipinski definition) is 4. The van der Waals surface area contributed by atoms with Gasteiger partial charge in [-0.05, 0) is 74.7 Å². The minimum Gasteiger partial charge on any atom is -0.489 e. The number of amides is 1. The molecule has 0 saturated carbocycles. The van der Waals surface area contributed by atoms with Gasteiger partial charge < -0.3 is 9.64 Å². The molecule has 0 aromatic heterocycles. The maximum atomic E-state index is 12.2. The summed E-state index contributed by atoms with van der Waals surface area (Å²) in [5, 5.41) is 4.53. The fraction of sp³-hybridized carbons (Fsp3) is 0.333. The van der Waals surface area contributed by atoms with Crippen LogP contribution in [0.15, 0.2) is 47.6 Å². The quantitative estimate of drug-likeness (QED) is 0.588. The van der Waals surface area contributed by atoms with Crippen molar-refractivity contribution in [3.05, 3.63) is 58.6 Å². The monoisotopic (exact) mass is 385 g/mol. The van der Waals surface area contributed by atoms with Gasteiger partial charge in [-0.3, -0.25) is 4.79 Å². The number of hydrazone groups is 1. The molecule has 2 aromatic rings. The minimum atomic E-state index is -0.245. The van der Waals surface area contributed by atoms with Crippen LogP contribution in [0, 0.1) is 0 Å². The molecule has 1 fully saturated rings. The molecule has 3 rings (SSSR count). The average molecular weight is 386 g/mol. The van der Waals surface area contributed by atoms with Gasteiger partial charge in [0.1, 0.15) is 5.75 Å². The maximum Gasteiger partial charge on any atom is 0.271 e. The smallest absolute Gasteiger partial charge is 0.271 e. The zero-order chi connectivity index (χ0) is 19.2. The number of rotatable bonds is 6. The fourth-order valence-electron chi connectivity index (χ4n) is 2.98. The van der Waals surface area contributed by atoms with Gasteiger partial charge in [-0.15, -0.1) is 0 Å². The molecule has 2 aromatic carbocycles. The van der Waals surface area contributed by atoms with Crippen LogP contribution in [-0.2, 0) is 0 Å². The van der Waals surface area contributed by atoms with E-state index in [9.17, 15) is 4.79 Å². The van der Waals surface area contributed by atoms with Crippen LogP contribution in [0.25, 0.3) is 0 Å². The zero-order valence-electron chi connectivity index (χ0n) is 15.6. The predicted molar refractivity (Wildman–Crippen MR) is 110 cm³/mol. The molecular weight excluding hydrogens is 362 g/mol. The molecule has 142 valence electrons. The van der Waals surface area contributed by atoms with Gasteiger partial charge in [0.25, 0.3) is 5.91 Å². The second-order valence-corrected chi connectivity index (χ2v) is 7.20. The molecule has 1 N–H and O–H groups in total. The topological polar surface area (TPSA) is 53.9 Å². The molecule has 1 heterocycles. The van der Waals surface area contributed by atoms with Crippen LogP contribution >= 0.6 is 11.6 Å². The first-order valence-corrected chi connectivity index (χ1v) is 9.55. The van der Waals surface area contributed by atoms with Crippen LogP contribution < -0.4 is 15.1 Å². The maximum absolute atomic E-state index is 12.2. The summed E-state index contributed by atoms with van der Waals surface area (Å²) in [6.07, 6.45) is 4.07. The van der Waals surface area contributed by atoms with Crippen molar-refractivity contribution in [2.24, 2.45) is 5.10 Å². The van der Waals surface area contributed by atoms with Gasteiger partial charge in [-0.2, -0.15) is 5.10 Å². The Morgan fingerprint density at radius 3 is 2.52 bits per heavy atom. The summed E-state index contributed by atoms with van der Waals surface area (Å²) >= 11 is 6.20. The van der Waals surface area contributed by atoms with Gasteiger partial charge in [0.2, 0.25) is 0 Å². The van der Waals surface area contributed by atoms with Crippen LogP contribution in [0.3, 0.4) is 0 Å². The first-order chi connectivity index (χ1) is 13.0. The molecule has 0 aliphatic carbocycles. The number of carbonyl (C=O) groups excluding carboxylic acids is 1. The normalized spacial score (nSPS) is 14.1. The van der Waals surface area contributed by atoms with E-state index < -0.39 is 0 Å². The molecule has 0 radical (unpaired) electrons. The van der Waals surface area contributed by atoms with Gasteiger partial charge in [0.15, 0.2) is 0 Å². The molecule has 0 atom stereocenters. The third-order valence-electron chi connectivity index (χ3n) is 4.30. The lowest BCUT2D eigenvalue weighted by molar-refractivity contribution is 0.0955. The van der Waals surface area contributed by atoms with Crippen molar-refractivity contribution in [3.8, 4) is 5.75 Å². The van der Waals surface area contributed by atoms with Crippen molar-refractivity contribution in [1.29, 1.82) is 0 Å². The summed E-state index contributed by atoms with van der Waals surface area (Å²) in [6, 6.07) is 13.0. The lowest BCUT2D eigenvalue weighted by atomic mass is 10.2. The summed E-state index contributed by atoms with van der Waals surface area (Å²) in [4.78, 5) is 14.6. The highest BCUT2D eigenvalue weighted by Crippen LogP contribution is 2.26. The number of halogens is 1. The number of benzene rings is 2. The van der Waals surface area contributed by atoms with Crippen LogP contribution in [-0.4, -0.2) is 31.3 Å². The molecule has 0 unspecified atom stereocenters. The highest BCUT2D eigenvalue weighted by atomic mass is 35.5. The summed E-state index contributed by atoms with van der Waals surface area (Å²) in [5.74, 6) is 0.385. The average Bonchev–Trinajstić information content (AvgIpc) is 3.18. The van der Waals surface area contributed by atoms with Crippen LogP contribution in [0.5, 0.6) is 5.75 Å². The molecule has 5 nitrogen and oxygen atoms in total. The standard InChI is InChI=1S/C21H24ClN3O2/c1-15(2)27-20-10-5-16(13-19(20)22)14-23-24-21(26)17-6-8-18(9-7-17)25-11-3-4-12-25/h5-10,13-15H,3-4,11-12H2,1-2H3,(H,24,26)/b23-14-. The molecule has 27 heavy (non-hydrogen) atoms. The number of nitrogens with one attached hydrogen (secondary N) is 1. The number of nitrogens with zero attached hydrogens (tertiary/aromatic N) is 2. The van der Waals surface area contributed by atoms with E-state index in [-0.39, 0.29) is 12.0 Å². The molecule has 1 amide bonds. The Morgan fingerprint density at radius 1 is 1.19 bits per heavy atom. The Kier molecular flexibility index (Phi) is 6.35. The Bertz CT molecular complexity index is 813. The van der Waals surface area contributed by atoms with Crippen LogP contribution in [0.2, 0.25) is 5.02 Å². The van der Waals surface area contributed by atoms with E-state index >= 15 is 0 Å². The number of hydrogen-bond donors (Lipinski definition) is 1. The predicted octanol–water partition coefficient (Wildman–Crippen LogP) is 4.49. The number of anilines is 1. The van der Waals surface area contributed by atoms with Gasteiger partial charge in [0, 0.05) is 24.3 Å². The van der Waals surface area contributed by atoms with Gasteiger partial charge in [0.05, 0.1) is 17.3 Å². The largest absolute Gasteiger partial charge is 0.489 e. The zero-order valence-corrected chi connectivity index (χ0v) is 16.4. The lowest BCUT2D eigenvalue weighted by Gasteiger charge is -2.17. The second kappa shape index (κ2) is 8.91. The van der Waals surface area contributed by atoms with Crippen molar-refractivity contribution < 1.29 is 9.53 Å². The third-order valence-corrected chi connectivity index (χ3v) is 4.59. The highest BCUT2D eigenvalue weighted by molar-refractivity contribution is 6.32. The SMILES string of the molecule is CC(C)Oc1ccc(/C=N\NC(=O)c2ccc(N3CCCC3)cc2)cc1Cl. The fourth-order valence-corrected chi connectivity index (χ4v) is 3.21. The lowest BCUT2D eigenvalue weighted by Crippen LogP contribution is -2.19.